The first-order valence-corrected chi connectivity index (χ1v) is 4.13. The molecule has 1 aliphatic carbocycles. The van der Waals surface area contributed by atoms with Gasteiger partial charge in [0, 0.05) is 0 Å². The van der Waals surface area contributed by atoms with Crippen molar-refractivity contribution < 1.29 is 0 Å². The zero-order valence-corrected chi connectivity index (χ0v) is 7.49. The third-order valence-electron chi connectivity index (χ3n) is 2.56. The Morgan fingerprint density at radius 1 is 1.22 bits per heavy atom. The van der Waals surface area contributed by atoms with Gasteiger partial charge in [0.1, 0.15) is 0 Å². The van der Waals surface area contributed by atoms with Gasteiger partial charge in [0.2, 0.25) is 0 Å². The molecule has 56 valence electrons. The van der Waals surface area contributed by atoms with E-state index in [0.29, 0.717) is 5.41 Å². The molecule has 0 N–H and O–H groups in total. The van der Waals surface area contributed by atoms with Crippen molar-refractivity contribution in [2.45, 2.75) is 47.5 Å². The van der Waals surface area contributed by atoms with E-state index in [0.717, 1.165) is 5.92 Å². The lowest BCUT2D eigenvalue weighted by Crippen LogP contribution is -2.31. The van der Waals surface area contributed by atoms with E-state index in [2.05, 4.69) is 20.8 Å². The van der Waals surface area contributed by atoms with Crippen molar-refractivity contribution in [2.75, 3.05) is 0 Å². The second-order valence-electron chi connectivity index (χ2n) is 3.43. The van der Waals surface area contributed by atoms with Crippen molar-refractivity contribution in [2.24, 2.45) is 11.3 Å². The number of hydrogen-bond acceptors (Lipinski definition) is 0. The Morgan fingerprint density at radius 2 is 1.56 bits per heavy atom. The average Bonchev–Trinajstić information content (AvgIpc) is 1.90. The minimum Gasteiger partial charge on any atom is -0.0683 e. The van der Waals surface area contributed by atoms with Crippen molar-refractivity contribution in [3.05, 3.63) is 0 Å². The van der Waals surface area contributed by atoms with Gasteiger partial charge >= 0.3 is 0 Å². The largest absolute Gasteiger partial charge is 0.0683 e. The normalized spacial score (nSPS) is 29.7. The molecule has 0 amide bonds. The molecule has 0 unspecified atom stereocenters. The summed E-state index contributed by atoms with van der Waals surface area (Å²) in [5.74, 6) is 0.979. The fraction of sp³-hybridized carbons (Fsp3) is 1.00. The van der Waals surface area contributed by atoms with Crippen molar-refractivity contribution in [1.29, 1.82) is 0 Å². The zero-order chi connectivity index (χ0) is 7.49. The third-order valence-corrected chi connectivity index (χ3v) is 2.56. The molecule has 1 fully saturated rings. The quantitative estimate of drug-likeness (QED) is 0.468. The first-order valence-electron chi connectivity index (χ1n) is 4.13. The fourth-order valence-corrected chi connectivity index (χ4v) is 1.01. The predicted molar refractivity (Wildman–Crippen MR) is 43.5 cm³/mol. The van der Waals surface area contributed by atoms with Crippen LogP contribution in [0.5, 0.6) is 0 Å². The van der Waals surface area contributed by atoms with E-state index >= 15 is 0 Å². The lowest BCUT2D eigenvalue weighted by Gasteiger charge is -2.42. The molecule has 1 saturated carbocycles. The summed E-state index contributed by atoms with van der Waals surface area (Å²) in [6, 6.07) is 0. The standard InChI is InChI=1S/C7H14.C2H6/c1-6-4-5-7(6,2)3;1-2/h6H,4-5H2,1-3H3;1-2H3/t6-;/m1./s1. The smallest absolute Gasteiger partial charge is 0.0328 e. The van der Waals surface area contributed by atoms with Crippen LogP contribution in [0.3, 0.4) is 0 Å². The number of hydrogen-bond donors (Lipinski definition) is 0. The van der Waals surface area contributed by atoms with Gasteiger partial charge < -0.3 is 0 Å². The zero-order valence-electron chi connectivity index (χ0n) is 7.49. The summed E-state index contributed by atoms with van der Waals surface area (Å²) in [5, 5.41) is 0. The van der Waals surface area contributed by atoms with Crippen molar-refractivity contribution in [1.82, 2.24) is 0 Å². The van der Waals surface area contributed by atoms with Gasteiger partial charge in [-0.25, -0.2) is 0 Å². The Morgan fingerprint density at radius 3 is 1.56 bits per heavy atom. The van der Waals surface area contributed by atoms with E-state index in [4.69, 9.17) is 0 Å². The molecule has 0 heteroatoms. The highest BCUT2D eigenvalue weighted by molar-refractivity contribution is 4.84. The van der Waals surface area contributed by atoms with Gasteiger partial charge in [-0.3, -0.25) is 0 Å². The molecule has 0 aromatic carbocycles. The highest BCUT2D eigenvalue weighted by Gasteiger charge is 2.34. The molecule has 0 aromatic rings. The maximum atomic E-state index is 2.35. The lowest BCUT2D eigenvalue weighted by molar-refractivity contribution is 0.0892. The molecule has 0 aromatic heterocycles. The molecular weight excluding hydrogens is 108 g/mol. The van der Waals surface area contributed by atoms with Crippen LogP contribution in [0.4, 0.5) is 0 Å². The molecule has 0 radical (unpaired) electrons. The van der Waals surface area contributed by atoms with Crippen LogP contribution in [0.1, 0.15) is 47.5 Å². The molecule has 0 heterocycles. The minimum absolute atomic E-state index is 0.681. The first-order chi connectivity index (χ1) is 4.13. The molecule has 0 spiro atoms. The Balaban J connectivity index is 0.000000291. The average molecular weight is 128 g/mol. The molecule has 0 bridgehead atoms. The van der Waals surface area contributed by atoms with Gasteiger partial charge in [0.15, 0.2) is 0 Å². The van der Waals surface area contributed by atoms with Crippen molar-refractivity contribution >= 4 is 0 Å². The summed E-state index contributed by atoms with van der Waals surface area (Å²) in [4.78, 5) is 0. The highest BCUT2D eigenvalue weighted by atomic mass is 14.4. The second kappa shape index (κ2) is 3.24. The molecule has 1 rings (SSSR count). The first kappa shape index (κ1) is 9.00. The van der Waals surface area contributed by atoms with Gasteiger partial charge in [-0.2, -0.15) is 0 Å². The molecule has 0 nitrogen and oxygen atoms in total. The van der Waals surface area contributed by atoms with Gasteiger partial charge in [0.05, 0.1) is 0 Å². The molecule has 0 saturated heterocycles. The Bertz CT molecular complexity index is 72.1. The minimum atomic E-state index is 0.681. The van der Waals surface area contributed by atoms with Crippen LogP contribution >= 0.6 is 0 Å². The topological polar surface area (TPSA) is 0 Å². The molecule has 1 aliphatic rings. The van der Waals surface area contributed by atoms with Crippen LogP contribution < -0.4 is 0 Å². The molecule has 9 heavy (non-hydrogen) atoms. The summed E-state index contributed by atoms with van der Waals surface area (Å²) in [5.41, 5.74) is 0.681. The van der Waals surface area contributed by atoms with Crippen LogP contribution in [-0.4, -0.2) is 0 Å². The van der Waals surface area contributed by atoms with Crippen LogP contribution in [0.15, 0.2) is 0 Å². The summed E-state index contributed by atoms with van der Waals surface area (Å²) < 4.78 is 0. The van der Waals surface area contributed by atoms with Crippen LogP contribution in [-0.2, 0) is 0 Å². The van der Waals surface area contributed by atoms with Gasteiger partial charge in [-0.05, 0) is 24.2 Å². The summed E-state index contributed by atoms with van der Waals surface area (Å²) >= 11 is 0. The number of rotatable bonds is 0. The third kappa shape index (κ3) is 2.00. The van der Waals surface area contributed by atoms with Crippen LogP contribution in [0.2, 0.25) is 0 Å². The Hall–Kier alpha value is 0. The molecule has 0 aliphatic heterocycles. The van der Waals surface area contributed by atoms with E-state index in [9.17, 15) is 0 Å². The van der Waals surface area contributed by atoms with E-state index in [1.54, 1.807) is 0 Å². The van der Waals surface area contributed by atoms with E-state index in [1.807, 2.05) is 13.8 Å². The SMILES string of the molecule is CC.C[C@@H]1CCC1(C)C. The Kier molecular flexibility index (Phi) is 3.24. The highest BCUT2D eigenvalue weighted by Crippen LogP contribution is 2.45. The van der Waals surface area contributed by atoms with Crippen molar-refractivity contribution in [3.63, 3.8) is 0 Å². The lowest BCUT2D eigenvalue weighted by atomic mass is 9.64. The van der Waals surface area contributed by atoms with E-state index in [1.165, 1.54) is 12.8 Å². The molecule has 1 atom stereocenters. The van der Waals surface area contributed by atoms with E-state index in [-0.39, 0.29) is 0 Å². The van der Waals surface area contributed by atoms with Gasteiger partial charge in [0.25, 0.3) is 0 Å². The second-order valence-corrected chi connectivity index (χ2v) is 3.43. The summed E-state index contributed by atoms with van der Waals surface area (Å²) in [6.07, 6.45) is 2.89. The molecular formula is C9H20. The monoisotopic (exact) mass is 128 g/mol. The summed E-state index contributed by atoms with van der Waals surface area (Å²) in [7, 11) is 0. The maximum absolute atomic E-state index is 2.35. The maximum Gasteiger partial charge on any atom is -0.0328 e. The van der Waals surface area contributed by atoms with Crippen LogP contribution in [0, 0.1) is 11.3 Å². The van der Waals surface area contributed by atoms with E-state index < -0.39 is 0 Å². The Labute approximate surface area is 59.7 Å². The summed E-state index contributed by atoms with van der Waals surface area (Å²) in [6.45, 7) is 11.0. The fourth-order valence-electron chi connectivity index (χ4n) is 1.01. The predicted octanol–water partition coefficient (Wildman–Crippen LogP) is 3.47. The van der Waals surface area contributed by atoms with Crippen molar-refractivity contribution in [3.8, 4) is 0 Å². The van der Waals surface area contributed by atoms with Gasteiger partial charge in [-0.15, -0.1) is 0 Å². The van der Waals surface area contributed by atoms with Crippen LogP contribution in [0.25, 0.3) is 0 Å². The van der Waals surface area contributed by atoms with Gasteiger partial charge in [-0.1, -0.05) is 34.6 Å².